The number of benzene rings is 2. The number of ether oxygens (including phenoxy) is 1. The first-order valence-electron chi connectivity index (χ1n) is 5.64. The van der Waals surface area contributed by atoms with Crippen molar-refractivity contribution in [2.75, 3.05) is 12.4 Å². The van der Waals surface area contributed by atoms with Crippen molar-refractivity contribution in [2.45, 2.75) is 0 Å². The van der Waals surface area contributed by atoms with Gasteiger partial charge in [-0.05, 0) is 52.3 Å². The molecule has 0 amide bonds. The van der Waals surface area contributed by atoms with Crippen LogP contribution >= 0.6 is 27.5 Å². The minimum Gasteiger partial charge on any atom is -0.496 e. The molecule has 0 radical (unpaired) electrons. The Hall–Kier alpha value is -1.72. The van der Waals surface area contributed by atoms with Gasteiger partial charge < -0.3 is 15.2 Å². The molecule has 0 aliphatic carbocycles. The highest BCUT2D eigenvalue weighted by Gasteiger charge is 2.11. The topological polar surface area (TPSA) is 58.6 Å². The highest BCUT2D eigenvalue weighted by molar-refractivity contribution is 9.10. The molecular formula is C14H11BrClNO3. The van der Waals surface area contributed by atoms with E-state index in [9.17, 15) is 9.90 Å². The lowest BCUT2D eigenvalue weighted by Gasteiger charge is -2.11. The molecule has 2 aromatic rings. The maximum Gasteiger partial charge on any atom is 0.337 e. The number of carbonyl (C=O) groups is 1. The number of carboxylic acids is 1. The number of nitrogens with one attached hydrogen (secondary N) is 1. The second-order valence-corrected chi connectivity index (χ2v) is 5.26. The number of carboxylic acid groups (broad SMARTS) is 1. The van der Waals surface area contributed by atoms with Crippen LogP contribution in [0.25, 0.3) is 0 Å². The zero-order chi connectivity index (χ0) is 14.7. The lowest BCUT2D eigenvalue weighted by atomic mass is 10.1. The largest absolute Gasteiger partial charge is 0.496 e. The van der Waals surface area contributed by atoms with Crippen LogP contribution in [0, 0.1) is 0 Å². The summed E-state index contributed by atoms with van der Waals surface area (Å²) in [6.45, 7) is 0. The van der Waals surface area contributed by atoms with Gasteiger partial charge in [0.2, 0.25) is 0 Å². The molecule has 4 nitrogen and oxygen atoms in total. The van der Waals surface area contributed by atoms with Crippen LogP contribution in [0.4, 0.5) is 11.4 Å². The zero-order valence-corrected chi connectivity index (χ0v) is 12.8. The predicted molar refractivity (Wildman–Crippen MR) is 82.4 cm³/mol. The summed E-state index contributed by atoms with van der Waals surface area (Å²) in [4.78, 5) is 11.2. The Labute approximate surface area is 129 Å². The number of hydrogen-bond donors (Lipinski definition) is 2. The van der Waals surface area contributed by atoms with E-state index in [0.29, 0.717) is 16.5 Å². The Morgan fingerprint density at radius 1 is 1.30 bits per heavy atom. The van der Waals surface area contributed by atoms with Gasteiger partial charge in [0, 0.05) is 10.7 Å². The van der Waals surface area contributed by atoms with Gasteiger partial charge in [0.1, 0.15) is 5.75 Å². The number of methoxy groups -OCH3 is 1. The van der Waals surface area contributed by atoms with Crippen LogP contribution in [0.2, 0.25) is 5.02 Å². The second-order valence-electron chi connectivity index (χ2n) is 3.97. The summed E-state index contributed by atoms with van der Waals surface area (Å²) in [6, 6.07) is 10.1. The van der Waals surface area contributed by atoms with E-state index >= 15 is 0 Å². The number of halogens is 2. The predicted octanol–water partition coefficient (Wildman–Crippen LogP) is 4.55. The van der Waals surface area contributed by atoms with Crippen LogP contribution in [0.1, 0.15) is 10.4 Å². The van der Waals surface area contributed by atoms with E-state index in [-0.39, 0.29) is 5.56 Å². The lowest BCUT2D eigenvalue weighted by Crippen LogP contribution is -2.02. The van der Waals surface area contributed by atoms with Crippen LogP contribution in [0.5, 0.6) is 5.75 Å². The van der Waals surface area contributed by atoms with Gasteiger partial charge in [-0.1, -0.05) is 11.6 Å². The molecule has 0 aliphatic heterocycles. The van der Waals surface area contributed by atoms with Gasteiger partial charge in [0.05, 0.1) is 22.8 Å². The first-order chi connectivity index (χ1) is 9.51. The van der Waals surface area contributed by atoms with Crippen molar-refractivity contribution < 1.29 is 14.6 Å². The maximum absolute atomic E-state index is 11.2. The smallest absolute Gasteiger partial charge is 0.337 e. The summed E-state index contributed by atoms with van der Waals surface area (Å²) >= 11 is 9.19. The minimum absolute atomic E-state index is 0.115. The normalized spacial score (nSPS) is 10.2. The summed E-state index contributed by atoms with van der Waals surface area (Å²) in [5, 5.41) is 12.6. The third-order valence-corrected chi connectivity index (χ3v) is 3.50. The second kappa shape index (κ2) is 6.15. The van der Waals surface area contributed by atoms with Crippen molar-refractivity contribution in [3.05, 3.63) is 51.5 Å². The van der Waals surface area contributed by atoms with E-state index < -0.39 is 5.97 Å². The molecule has 2 aromatic carbocycles. The molecule has 104 valence electrons. The lowest BCUT2D eigenvalue weighted by molar-refractivity contribution is 0.0698. The summed E-state index contributed by atoms with van der Waals surface area (Å²) in [7, 11) is 1.58. The molecule has 2 N–H and O–H groups in total. The van der Waals surface area contributed by atoms with Gasteiger partial charge in [-0.25, -0.2) is 4.79 Å². The SMILES string of the molecule is COc1ccc(Nc2ccc(Cl)cc2C(=O)O)cc1Br. The minimum atomic E-state index is -1.04. The number of rotatable bonds is 4. The summed E-state index contributed by atoms with van der Waals surface area (Å²) in [6.07, 6.45) is 0. The van der Waals surface area contributed by atoms with Crippen molar-refractivity contribution in [1.29, 1.82) is 0 Å². The molecule has 0 saturated carbocycles. The van der Waals surface area contributed by atoms with Gasteiger partial charge in [-0.15, -0.1) is 0 Å². The molecule has 0 fully saturated rings. The monoisotopic (exact) mass is 355 g/mol. The zero-order valence-electron chi connectivity index (χ0n) is 10.5. The molecule has 0 heterocycles. The molecule has 0 unspecified atom stereocenters. The average Bonchev–Trinajstić information content (AvgIpc) is 2.41. The van der Waals surface area contributed by atoms with Gasteiger partial charge >= 0.3 is 5.97 Å². The molecule has 20 heavy (non-hydrogen) atoms. The Morgan fingerprint density at radius 2 is 2.05 bits per heavy atom. The molecule has 6 heteroatoms. The Balaban J connectivity index is 2.35. The van der Waals surface area contributed by atoms with Gasteiger partial charge in [-0.2, -0.15) is 0 Å². The van der Waals surface area contributed by atoms with Crippen LogP contribution in [-0.4, -0.2) is 18.2 Å². The average molecular weight is 357 g/mol. The summed E-state index contributed by atoms with van der Waals surface area (Å²) in [5.74, 6) is -0.340. The van der Waals surface area contributed by atoms with Crippen molar-refractivity contribution in [2.24, 2.45) is 0 Å². The van der Waals surface area contributed by atoms with Crippen LogP contribution in [-0.2, 0) is 0 Å². The molecule has 0 atom stereocenters. The van der Waals surface area contributed by atoms with Crippen molar-refractivity contribution in [3.8, 4) is 5.75 Å². The summed E-state index contributed by atoms with van der Waals surface area (Å²) < 4.78 is 5.92. The van der Waals surface area contributed by atoms with Crippen LogP contribution in [0.3, 0.4) is 0 Å². The van der Waals surface area contributed by atoms with E-state index in [1.54, 1.807) is 37.4 Å². The fourth-order valence-corrected chi connectivity index (χ4v) is 2.41. The highest BCUT2D eigenvalue weighted by atomic mass is 79.9. The fourth-order valence-electron chi connectivity index (χ4n) is 1.70. The number of anilines is 2. The van der Waals surface area contributed by atoms with E-state index in [4.69, 9.17) is 16.3 Å². The Kier molecular flexibility index (Phi) is 4.52. The quantitative estimate of drug-likeness (QED) is 0.843. The molecule has 0 aromatic heterocycles. The number of aromatic carboxylic acids is 1. The van der Waals surface area contributed by atoms with Crippen molar-refractivity contribution in [3.63, 3.8) is 0 Å². The van der Waals surface area contributed by atoms with Gasteiger partial charge in [0.25, 0.3) is 0 Å². The summed E-state index contributed by atoms with van der Waals surface area (Å²) in [5.41, 5.74) is 1.32. The first kappa shape index (κ1) is 14.7. The molecular weight excluding hydrogens is 346 g/mol. The molecule has 0 aliphatic rings. The third-order valence-electron chi connectivity index (χ3n) is 2.64. The maximum atomic E-state index is 11.2. The van der Waals surface area contributed by atoms with Gasteiger partial charge in [-0.3, -0.25) is 0 Å². The Bertz CT molecular complexity index is 661. The molecule has 0 bridgehead atoms. The van der Waals surface area contributed by atoms with E-state index in [1.165, 1.54) is 6.07 Å². The Morgan fingerprint density at radius 3 is 2.65 bits per heavy atom. The molecule has 0 spiro atoms. The van der Waals surface area contributed by atoms with E-state index in [1.807, 2.05) is 0 Å². The van der Waals surface area contributed by atoms with E-state index in [0.717, 1.165) is 10.2 Å². The van der Waals surface area contributed by atoms with Crippen LogP contribution in [0.15, 0.2) is 40.9 Å². The number of hydrogen-bond acceptors (Lipinski definition) is 3. The fraction of sp³-hybridized carbons (Fsp3) is 0.0714. The molecule has 0 saturated heterocycles. The first-order valence-corrected chi connectivity index (χ1v) is 6.82. The van der Waals surface area contributed by atoms with Crippen LogP contribution < -0.4 is 10.1 Å². The van der Waals surface area contributed by atoms with Crippen molar-refractivity contribution >= 4 is 44.9 Å². The van der Waals surface area contributed by atoms with Gasteiger partial charge in [0.15, 0.2) is 0 Å². The third kappa shape index (κ3) is 3.23. The van der Waals surface area contributed by atoms with E-state index in [2.05, 4.69) is 21.2 Å². The molecule has 2 rings (SSSR count). The highest BCUT2D eigenvalue weighted by Crippen LogP contribution is 2.30. The standard InChI is InChI=1S/C14H11BrClNO3/c1-20-13-5-3-9(7-11(13)15)17-12-4-2-8(16)6-10(12)14(18)19/h2-7,17H,1H3,(H,18,19). The van der Waals surface area contributed by atoms with Crippen molar-refractivity contribution in [1.82, 2.24) is 0 Å².